The number of benzene rings is 8. The Morgan fingerprint density at radius 3 is 1.88 bits per heavy atom. The van der Waals surface area contributed by atoms with Gasteiger partial charge in [0.15, 0.2) is 0 Å². The van der Waals surface area contributed by atoms with Crippen LogP contribution in [0.2, 0.25) is 0 Å². The Kier molecular flexibility index (Phi) is 6.39. The minimum Gasteiger partial charge on any atom is -0.310 e. The van der Waals surface area contributed by atoms with Crippen molar-refractivity contribution in [3.8, 4) is 16.8 Å². The van der Waals surface area contributed by atoms with Gasteiger partial charge in [0.1, 0.15) is 0 Å². The quantitative estimate of drug-likeness (QED) is 0.181. The molecule has 10 aromatic rings. The fourth-order valence-corrected chi connectivity index (χ4v) is 8.51. The van der Waals surface area contributed by atoms with Crippen molar-refractivity contribution in [2.24, 2.45) is 0 Å². The van der Waals surface area contributed by atoms with Gasteiger partial charge in [-0.1, -0.05) is 103 Å². The van der Waals surface area contributed by atoms with Gasteiger partial charge in [-0.3, -0.25) is 0 Å². The van der Waals surface area contributed by atoms with Gasteiger partial charge >= 0.3 is 0 Å². The Hall–Kier alpha value is -6.16. The van der Waals surface area contributed by atoms with Crippen LogP contribution in [0.5, 0.6) is 0 Å². The molecule has 0 aliphatic heterocycles. The molecule has 2 heterocycles. The molecule has 0 saturated heterocycles. The average molecular weight is 643 g/mol. The molecule has 0 unspecified atom stereocenters. The summed E-state index contributed by atoms with van der Waals surface area (Å²) >= 11 is 1.86. The maximum Gasteiger partial charge on any atom is 0.0542 e. The largest absolute Gasteiger partial charge is 0.310 e. The molecule has 0 saturated carbocycles. The van der Waals surface area contributed by atoms with Crippen LogP contribution in [0.3, 0.4) is 0 Å². The van der Waals surface area contributed by atoms with Gasteiger partial charge in [0, 0.05) is 53.7 Å². The van der Waals surface area contributed by atoms with Crippen molar-refractivity contribution in [3.63, 3.8) is 0 Å². The third kappa shape index (κ3) is 4.62. The van der Waals surface area contributed by atoms with E-state index in [2.05, 4.69) is 191 Å². The third-order valence-electron chi connectivity index (χ3n) is 9.76. The van der Waals surface area contributed by atoms with Crippen molar-refractivity contribution >= 4 is 81.1 Å². The third-order valence-corrected chi connectivity index (χ3v) is 10.9. The maximum atomic E-state index is 2.39. The lowest BCUT2D eigenvalue weighted by Gasteiger charge is -2.26. The smallest absolute Gasteiger partial charge is 0.0542 e. The monoisotopic (exact) mass is 642 g/mol. The molecule has 0 bridgehead atoms. The van der Waals surface area contributed by atoms with E-state index in [0.717, 1.165) is 22.7 Å². The van der Waals surface area contributed by atoms with Crippen LogP contribution in [-0.2, 0) is 0 Å². The molecule has 0 atom stereocenters. The van der Waals surface area contributed by atoms with Crippen LogP contribution in [0.15, 0.2) is 182 Å². The van der Waals surface area contributed by atoms with Crippen molar-refractivity contribution < 1.29 is 0 Å². The van der Waals surface area contributed by atoms with Crippen LogP contribution in [0.1, 0.15) is 0 Å². The van der Waals surface area contributed by atoms with Gasteiger partial charge in [-0.15, -0.1) is 11.3 Å². The summed E-state index contributed by atoms with van der Waals surface area (Å²) in [4.78, 5) is 2.39. The normalized spacial score (nSPS) is 11.7. The second-order valence-electron chi connectivity index (χ2n) is 12.6. The molecule has 0 N–H and O–H groups in total. The van der Waals surface area contributed by atoms with Gasteiger partial charge in [0.25, 0.3) is 0 Å². The zero-order chi connectivity index (χ0) is 32.3. The van der Waals surface area contributed by atoms with Gasteiger partial charge in [-0.25, -0.2) is 0 Å². The van der Waals surface area contributed by atoms with E-state index in [1.165, 1.54) is 63.9 Å². The van der Waals surface area contributed by atoms with E-state index < -0.39 is 0 Å². The Bertz CT molecular complexity index is 2830. The molecule has 0 aliphatic rings. The molecule has 0 spiro atoms. The van der Waals surface area contributed by atoms with Crippen LogP contribution in [0.4, 0.5) is 17.1 Å². The van der Waals surface area contributed by atoms with E-state index in [4.69, 9.17) is 0 Å². The van der Waals surface area contributed by atoms with Crippen LogP contribution >= 0.6 is 11.3 Å². The molecule has 0 amide bonds. The number of para-hydroxylation sites is 2. The van der Waals surface area contributed by atoms with Crippen molar-refractivity contribution in [2.75, 3.05) is 4.90 Å². The zero-order valence-corrected chi connectivity index (χ0v) is 27.4. The first kappa shape index (κ1) is 27.9. The molecular weight excluding hydrogens is 613 g/mol. The fourth-order valence-electron chi connectivity index (χ4n) is 7.43. The molecule has 0 aliphatic carbocycles. The van der Waals surface area contributed by atoms with Crippen molar-refractivity contribution in [2.45, 2.75) is 0 Å². The van der Waals surface area contributed by atoms with E-state index in [1.54, 1.807) is 0 Å². The number of thiophene rings is 1. The lowest BCUT2D eigenvalue weighted by Crippen LogP contribution is -2.10. The molecule has 0 radical (unpaired) electrons. The second-order valence-corrected chi connectivity index (χ2v) is 13.7. The van der Waals surface area contributed by atoms with Gasteiger partial charge < -0.3 is 9.47 Å². The summed E-state index contributed by atoms with van der Waals surface area (Å²) in [7, 11) is 0. The average Bonchev–Trinajstić information content (AvgIpc) is 3.71. The first-order valence-corrected chi connectivity index (χ1v) is 17.5. The number of anilines is 3. The molecule has 49 heavy (non-hydrogen) atoms. The van der Waals surface area contributed by atoms with Crippen LogP contribution in [0.25, 0.3) is 69.6 Å². The van der Waals surface area contributed by atoms with Gasteiger partial charge in [0.2, 0.25) is 0 Å². The van der Waals surface area contributed by atoms with E-state index in [0.29, 0.717) is 0 Å². The number of fused-ring (bicyclic) bond motifs is 7. The minimum atomic E-state index is 1.12. The molecule has 10 rings (SSSR count). The molecule has 2 aromatic heterocycles. The minimum absolute atomic E-state index is 1.12. The number of hydrogen-bond donors (Lipinski definition) is 0. The number of hydrogen-bond acceptors (Lipinski definition) is 2. The summed E-state index contributed by atoms with van der Waals surface area (Å²) in [5.74, 6) is 0. The van der Waals surface area contributed by atoms with Crippen LogP contribution < -0.4 is 4.90 Å². The Morgan fingerprint density at radius 2 is 1.00 bits per heavy atom. The molecule has 230 valence electrons. The summed E-state index contributed by atoms with van der Waals surface area (Å²) in [5.41, 5.74) is 9.38. The lowest BCUT2D eigenvalue weighted by atomic mass is 10.0. The van der Waals surface area contributed by atoms with Crippen LogP contribution in [0, 0.1) is 0 Å². The van der Waals surface area contributed by atoms with Crippen LogP contribution in [-0.4, -0.2) is 4.57 Å². The second kappa shape index (κ2) is 11.2. The summed E-state index contributed by atoms with van der Waals surface area (Å²) in [6, 6.07) is 66.3. The predicted molar refractivity (Wildman–Crippen MR) is 211 cm³/mol. The highest BCUT2D eigenvalue weighted by molar-refractivity contribution is 7.25. The number of nitrogens with zero attached hydrogens (tertiary/aromatic N) is 2. The lowest BCUT2D eigenvalue weighted by molar-refractivity contribution is 1.18. The standard InChI is InChI=1S/C46H30N2S/c1-2-12-35(13-3-1)48-43-16-8-6-14-39(43)41-30-38(25-26-44(41)48)47(37-24-20-31-10-4-5-11-33(31)28-37)36-22-18-32(19-23-36)34-21-27-46-42(29-34)40-15-7-9-17-45(40)49-46/h1-30H. The van der Waals surface area contributed by atoms with E-state index >= 15 is 0 Å². The van der Waals surface area contributed by atoms with E-state index in [9.17, 15) is 0 Å². The van der Waals surface area contributed by atoms with E-state index in [-0.39, 0.29) is 0 Å². The predicted octanol–water partition coefficient (Wildman–Crippen LogP) is 13.4. The van der Waals surface area contributed by atoms with E-state index in [1.807, 2.05) is 11.3 Å². The Labute approximate surface area is 288 Å². The Balaban J connectivity index is 1.13. The highest BCUT2D eigenvalue weighted by atomic mass is 32.1. The summed E-state index contributed by atoms with van der Waals surface area (Å²) in [6.07, 6.45) is 0. The number of aromatic nitrogens is 1. The van der Waals surface area contributed by atoms with Crippen molar-refractivity contribution in [1.29, 1.82) is 0 Å². The molecule has 2 nitrogen and oxygen atoms in total. The highest BCUT2D eigenvalue weighted by Crippen LogP contribution is 2.42. The molecule has 8 aromatic carbocycles. The van der Waals surface area contributed by atoms with Gasteiger partial charge in [0.05, 0.1) is 11.0 Å². The Morgan fingerprint density at radius 1 is 0.367 bits per heavy atom. The fraction of sp³-hybridized carbons (Fsp3) is 0. The first-order chi connectivity index (χ1) is 24.3. The van der Waals surface area contributed by atoms with Gasteiger partial charge in [-0.2, -0.15) is 0 Å². The van der Waals surface area contributed by atoms with Gasteiger partial charge in [-0.05, 0) is 101 Å². The first-order valence-electron chi connectivity index (χ1n) is 16.7. The molecule has 0 fully saturated rings. The number of rotatable bonds is 5. The maximum absolute atomic E-state index is 2.39. The van der Waals surface area contributed by atoms with Crippen molar-refractivity contribution in [1.82, 2.24) is 4.57 Å². The highest BCUT2D eigenvalue weighted by Gasteiger charge is 2.18. The summed E-state index contributed by atoms with van der Waals surface area (Å²) in [6.45, 7) is 0. The molecule has 3 heteroatoms. The SMILES string of the molecule is c1ccc(-n2c3ccccc3c3cc(N(c4ccc(-c5ccc6sc7ccccc7c6c5)cc4)c4ccc5ccccc5c4)ccc32)cc1. The molecular formula is C46H30N2S. The summed E-state index contributed by atoms with van der Waals surface area (Å²) < 4.78 is 5.03. The summed E-state index contributed by atoms with van der Waals surface area (Å²) in [5, 5.41) is 7.58. The topological polar surface area (TPSA) is 8.17 Å². The zero-order valence-electron chi connectivity index (χ0n) is 26.6. The van der Waals surface area contributed by atoms with Crippen molar-refractivity contribution in [3.05, 3.63) is 182 Å².